The molecule has 0 radical (unpaired) electrons. The second kappa shape index (κ2) is 6.08. The van der Waals surface area contributed by atoms with E-state index in [2.05, 4.69) is 19.1 Å². The van der Waals surface area contributed by atoms with Gasteiger partial charge in [0, 0.05) is 5.02 Å². The van der Waals surface area contributed by atoms with Gasteiger partial charge in [0.15, 0.2) is 0 Å². The minimum absolute atomic E-state index is 0.309. The first-order valence-corrected chi connectivity index (χ1v) is 7.50. The maximum atomic E-state index is 6.11. The summed E-state index contributed by atoms with van der Waals surface area (Å²) in [5.41, 5.74) is 7.75. The van der Waals surface area contributed by atoms with Crippen LogP contribution in [0.3, 0.4) is 0 Å². The number of hydrogen-bond acceptors (Lipinski definition) is 1. The Labute approximate surface area is 116 Å². The zero-order chi connectivity index (χ0) is 13.0. The van der Waals surface area contributed by atoms with E-state index in [-0.39, 0.29) is 0 Å². The standard InChI is InChI=1S/C16H24ClN/c1-2-13-6-4-8-16(10-13,12-18)11-14-5-3-7-15(17)9-14/h3,5,7,9,13H,2,4,6,8,10-12,18H2,1H3. The molecule has 2 N–H and O–H groups in total. The second-order valence-electron chi connectivity index (χ2n) is 5.88. The van der Waals surface area contributed by atoms with Gasteiger partial charge < -0.3 is 5.73 Å². The third-order valence-corrected chi connectivity index (χ3v) is 4.75. The van der Waals surface area contributed by atoms with Gasteiger partial charge in [0.05, 0.1) is 0 Å². The average Bonchev–Trinajstić information content (AvgIpc) is 2.39. The zero-order valence-corrected chi connectivity index (χ0v) is 12.0. The van der Waals surface area contributed by atoms with Crippen molar-refractivity contribution in [1.29, 1.82) is 0 Å². The topological polar surface area (TPSA) is 26.0 Å². The maximum absolute atomic E-state index is 6.11. The summed E-state index contributed by atoms with van der Waals surface area (Å²) in [5.74, 6) is 0.862. The minimum atomic E-state index is 0.309. The number of rotatable bonds is 4. The van der Waals surface area contributed by atoms with E-state index in [1.54, 1.807) is 0 Å². The van der Waals surface area contributed by atoms with Crippen molar-refractivity contribution in [2.75, 3.05) is 6.54 Å². The molecular formula is C16H24ClN. The van der Waals surface area contributed by atoms with Gasteiger partial charge in [0.25, 0.3) is 0 Å². The Bertz CT molecular complexity index is 390. The molecule has 0 spiro atoms. The highest BCUT2D eigenvalue weighted by molar-refractivity contribution is 6.30. The molecule has 100 valence electrons. The number of benzene rings is 1. The Morgan fingerprint density at radius 1 is 1.44 bits per heavy atom. The van der Waals surface area contributed by atoms with Crippen LogP contribution >= 0.6 is 11.6 Å². The van der Waals surface area contributed by atoms with Crippen molar-refractivity contribution in [1.82, 2.24) is 0 Å². The number of nitrogens with two attached hydrogens (primary N) is 1. The molecule has 1 aliphatic rings. The summed E-state index contributed by atoms with van der Waals surface area (Å²) in [4.78, 5) is 0. The molecule has 0 saturated heterocycles. The SMILES string of the molecule is CCC1CCCC(CN)(Cc2cccc(Cl)c2)C1. The van der Waals surface area contributed by atoms with Gasteiger partial charge in [-0.2, -0.15) is 0 Å². The van der Waals surface area contributed by atoms with Gasteiger partial charge in [-0.3, -0.25) is 0 Å². The predicted molar refractivity (Wildman–Crippen MR) is 78.9 cm³/mol. The first kappa shape index (κ1) is 13.9. The molecule has 1 fully saturated rings. The highest BCUT2D eigenvalue weighted by Gasteiger charge is 2.34. The van der Waals surface area contributed by atoms with Crippen LogP contribution < -0.4 is 5.73 Å². The van der Waals surface area contributed by atoms with Gasteiger partial charge in [-0.1, -0.05) is 49.9 Å². The molecule has 1 aromatic carbocycles. The Morgan fingerprint density at radius 3 is 2.94 bits per heavy atom. The summed E-state index contributed by atoms with van der Waals surface area (Å²) in [6.45, 7) is 3.10. The van der Waals surface area contributed by atoms with E-state index in [1.807, 2.05) is 12.1 Å². The quantitative estimate of drug-likeness (QED) is 0.856. The summed E-state index contributed by atoms with van der Waals surface area (Å²) in [6.07, 6.45) is 7.64. The molecule has 2 unspecified atom stereocenters. The molecule has 1 aliphatic carbocycles. The highest BCUT2D eigenvalue weighted by atomic mass is 35.5. The van der Waals surface area contributed by atoms with Crippen LogP contribution in [-0.4, -0.2) is 6.54 Å². The smallest absolute Gasteiger partial charge is 0.0408 e. The molecule has 2 heteroatoms. The van der Waals surface area contributed by atoms with E-state index in [0.29, 0.717) is 5.41 Å². The molecular weight excluding hydrogens is 242 g/mol. The van der Waals surface area contributed by atoms with Gasteiger partial charge in [-0.15, -0.1) is 0 Å². The largest absolute Gasteiger partial charge is 0.330 e. The number of halogens is 1. The Morgan fingerprint density at radius 2 is 2.28 bits per heavy atom. The maximum Gasteiger partial charge on any atom is 0.0408 e. The molecule has 0 bridgehead atoms. The monoisotopic (exact) mass is 265 g/mol. The molecule has 2 atom stereocenters. The van der Waals surface area contributed by atoms with Crippen LogP contribution in [-0.2, 0) is 6.42 Å². The van der Waals surface area contributed by atoms with Crippen LogP contribution in [0.4, 0.5) is 0 Å². The fourth-order valence-corrected chi connectivity index (χ4v) is 3.64. The molecule has 18 heavy (non-hydrogen) atoms. The van der Waals surface area contributed by atoms with E-state index in [4.69, 9.17) is 17.3 Å². The summed E-state index contributed by atoms with van der Waals surface area (Å²) < 4.78 is 0. The lowest BCUT2D eigenvalue weighted by atomic mass is 9.66. The molecule has 0 aromatic heterocycles. The van der Waals surface area contributed by atoms with Crippen molar-refractivity contribution in [3.63, 3.8) is 0 Å². The van der Waals surface area contributed by atoms with Gasteiger partial charge in [0.1, 0.15) is 0 Å². The normalized spacial score (nSPS) is 28.3. The molecule has 1 saturated carbocycles. The fourth-order valence-electron chi connectivity index (χ4n) is 3.43. The number of hydrogen-bond donors (Lipinski definition) is 1. The summed E-state index contributed by atoms with van der Waals surface area (Å²) in [6, 6.07) is 8.26. The lowest BCUT2D eigenvalue weighted by molar-refractivity contribution is 0.142. The molecule has 1 nitrogen and oxygen atoms in total. The highest BCUT2D eigenvalue weighted by Crippen LogP contribution is 2.42. The van der Waals surface area contributed by atoms with Crippen LogP contribution in [0, 0.1) is 11.3 Å². The Balaban J connectivity index is 2.12. The lowest BCUT2D eigenvalue weighted by Gasteiger charge is -2.40. The third kappa shape index (κ3) is 3.27. The van der Waals surface area contributed by atoms with Crippen LogP contribution in [0.5, 0.6) is 0 Å². The predicted octanol–water partition coefficient (Wildman–Crippen LogP) is 4.43. The van der Waals surface area contributed by atoms with Crippen molar-refractivity contribution < 1.29 is 0 Å². The van der Waals surface area contributed by atoms with Crippen LogP contribution in [0.25, 0.3) is 0 Å². The first-order chi connectivity index (χ1) is 8.67. The van der Waals surface area contributed by atoms with Crippen molar-refractivity contribution in [3.05, 3.63) is 34.9 Å². The van der Waals surface area contributed by atoms with Crippen molar-refractivity contribution in [2.24, 2.45) is 17.1 Å². The van der Waals surface area contributed by atoms with Gasteiger partial charge >= 0.3 is 0 Å². The van der Waals surface area contributed by atoms with Gasteiger partial charge in [-0.25, -0.2) is 0 Å². The van der Waals surface area contributed by atoms with Crippen molar-refractivity contribution in [2.45, 2.75) is 45.4 Å². The average molecular weight is 266 g/mol. The second-order valence-corrected chi connectivity index (χ2v) is 6.32. The van der Waals surface area contributed by atoms with Gasteiger partial charge in [0.2, 0.25) is 0 Å². The van der Waals surface area contributed by atoms with Gasteiger partial charge in [-0.05, 0) is 54.8 Å². The molecule has 0 heterocycles. The Hall–Kier alpha value is -0.530. The molecule has 1 aromatic rings. The zero-order valence-electron chi connectivity index (χ0n) is 11.3. The van der Waals surface area contributed by atoms with Crippen LogP contribution in [0.1, 0.15) is 44.6 Å². The first-order valence-electron chi connectivity index (χ1n) is 7.12. The molecule has 2 rings (SSSR count). The lowest BCUT2D eigenvalue weighted by Crippen LogP contribution is -2.37. The summed E-state index contributed by atoms with van der Waals surface area (Å²) in [5, 5.41) is 0.836. The van der Waals surface area contributed by atoms with E-state index in [0.717, 1.165) is 23.9 Å². The Kier molecular flexibility index (Phi) is 4.69. The van der Waals surface area contributed by atoms with Crippen LogP contribution in [0.2, 0.25) is 5.02 Å². The summed E-state index contributed by atoms with van der Waals surface area (Å²) >= 11 is 6.08. The molecule has 0 aliphatic heterocycles. The van der Waals surface area contributed by atoms with E-state index in [1.165, 1.54) is 37.7 Å². The van der Waals surface area contributed by atoms with E-state index in [9.17, 15) is 0 Å². The van der Waals surface area contributed by atoms with Crippen molar-refractivity contribution >= 4 is 11.6 Å². The van der Waals surface area contributed by atoms with E-state index >= 15 is 0 Å². The third-order valence-electron chi connectivity index (χ3n) is 4.52. The van der Waals surface area contributed by atoms with E-state index < -0.39 is 0 Å². The fraction of sp³-hybridized carbons (Fsp3) is 0.625. The molecule has 0 amide bonds. The van der Waals surface area contributed by atoms with Crippen LogP contribution in [0.15, 0.2) is 24.3 Å². The minimum Gasteiger partial charge on any atom is -0.330 e. The van der Waals surface area contributed by atoms with Crippen molar-refractivity contribution in [3.8, 4) is 0 Å². The summed E-state index contributed by atoms with van der Waals surface area (Å²) in [7, 11) is 0.